The van der Waals surface area contributed by atoms with Crippen molar-refractivity contribution in [3.8, 4) is 0 Å². The van der Waals surface area contributed by atoms with E-state index < -0.39 is 0 Å². The highest BCUT2D eigenvalue weighted by Crippen LogP contribution is 2.29. The van der Waals surface area contributed by atoms with E-state index in [1.165, 1.54) is 22.3 Å². The van der Waals surface area contributed by atoms with Crippen LogP contribution in [0.25, 0.3) is 0 Å². The fraction of sp³-hybridized carbons (Fsp3) is 0.438. The molecule has 0 radical (unpaired) electrons. The molecule has 0 aliphatic heterocycles. The van der Waals surface area contributed by atoms with Crippen molar-refractivity contribution in [3.63, 3.8) is 0 Å². The zero-order valence-electron chi connectivity index (χ0n) is 12.0. The fourth-order valence-electron chi connectivity index (χ4n) is 2.46. The minimum Gasteiger partial charge on any atom is -0.348 e. The summed E-state index contributed by atoms with van der Waals surface area (Å²) in [6.45, 7) is 11.2. The van der Waals surface area contributed by atoms with E-state index in [0.717, 1.165) is 12.2 Å². The van der Waals surface area contributed by atoms with Crippen molar-refractivity contribution in [3.05, 3.63) is 52.6 Å². The van der Waals surface area contributed by atoms with Crippen molar-refractivity contribution < 1.29 is 0 Å². The van der Waals surface area contributed by atoms with Crippen LogP contribution >= 0.6 is 0 Å². The van der Waals surface area contributed by atoms with Gasteiger partial charge in [0.2, 0.25) is 0 Å². The predicted molar refractivity (Wildman–Crippen MR) is 76.0 cm³/mol. The maximum absolute atomic E-state index is 4.30. The zero-order chi connectivity index (χ0) is 13.3. The summed E-state index contributed by atoms with van der Waals surface area (Å²) in [6.07, 6.45) is 4.56. The van der Waals surface area contributed by atoms with Crippen LogP contribution in [-0.2, 0) is 11.8 Å². The molecule has 1 aromatic heterocycles. The molecule has 1 N–H and O–H groups in total. The second kappa shape index (κ2) is 4.60. The second-order valence-corrected chi connectivity index (χ2v) is 5.98. The molecule has 0 amide bonds. The Hall–Kier alpha value is -1.57. The van der Waals surface area contributed by atoms with Gasteiger partial charge < -0.3 is 4.98 Å². The van der Waals surface area contributed by atoms with Gasteiger partial charge in [-0.15, -0.1) is 0 Å². The van der Waals surface area contributed by atoms with E-state index in [2.05, 4.69) is 56.7 Å². The summed E-state index contributed by atoms with van der Waals surface area (Å²) in [6, 6.07) is 4.51. The highest BCUT2D eigenvalue weighted by molar-refractivity contribution is 5.43. The second-order valence-electron chi connectivity index (χ2n) is 5.98. The van der Waals surface area contributed by atoms with E-state index in [9.17, 15) is 0 Å². The van der Waals surface area contributed by atoms with Gasteiger partial charge in [0.05, 0.1) is 0 Å². The molecule has 1 aromatic carbocycles. The van der Waals surface area contributed by atoms with Gasteiger partial charge in [-0.05, 0) is 41.5 Å². The van der Waals surface area contributed by atoms with Crippen LogP contribution in [0.15, 0.2) is 24.5 Å². The molecule has 2 nitrogen and oxygen atoms in total. The molecule has 1 heterocycles. The standard InChI is InChI=1S/C16H22N2/c1-11-12(2)14(16(3,4)5)7-6-13(11)10-15-17-8-9-18-15/h6-9H,10H2,1-5H3,(H,17,18). The first-order chi connectivity index (χ1) is 8.39. The van der Waals surface area contributed by atoms with E-state index in [-0.39, 0.29) is 5.41 Å². The van der Waals surface area contributed by atoms with Gasteiger partial charge in [-0.25, -0.2) is 4.98 Å². The lowest BCUT2D eigenvalue weighted by molar-refractivity contribution is 0.585. The third kappa shape index (κ3) is 2.47. The van der Waals surface area contributed by atoms with E-state index in [1.54, 1.807) is 6.20 Å². The Morgan fingerprint density at radius 3 is 2.39 bits per heavy atom. The maximum Gasteiger partial charge on any atom is 0.110 e. The first kappa shape index (κ1) is 12.9. The monoisotopic (exact) mass is 242 g/mol. The lowest BCUT2D eigenvalue weighted by Crippen LogP contribution is -2.14. The summed E-state index contributed by atoms with van der Waals surface area (Å²) in [5.41, 5.74) is 5.79. The van der Waals surface area contributed by atoms with Crippen molar-refractivity contribution >= 4 is 0 Å². The van der Waals surface area contributed by atoms with Crippen LogP contribution in [0.3, 0.4) is 0 Å². The number of rotatable bonds is 2. The van der Waals surface area contributed by atoms with Crippen LogP contribution in [0.2, 0.25) is 0 Å². The minimum atomic E-state index is 0.206. The summed E-state index contributed by atoms with van der Waals surface area (Å²) >= 11 is 0. The Kier molecular flexibility index (Phi) is 3.29. The predicted octanol–water partition coefficient (Wildman–Crippen LogP) is 3.91. The van der Waals surface area contributed by atoms with Crippen LogP contribution in [-0.4, -0.2) is 9.97 Å². The zero-order valence-corrected chi connectivity index (χ0v) is 12.0. The highest BCUT2D eigenvalue weighted by Gasteiger charge is 2.18. The average molecular weight is 242 g/mol. The number of hydrogen-bond acceptors (Lipinski definition) is 1. The number of nitrogens with zero attached hydrogens (tertiary/aromatic N) is 1. The molecule has 0 unspecified atom stereocenters. The first-order valence-electron chi connectivity index (χ1n) is 6.47. The molecule has 0 bridgehead atoms. The SMILES string of the molecule is Cc1c(Cc2ncc[nH]2)ccc(C(C)(C)C)c1C. The molecule has 2 rings (SSSR count). The molecule has 0 saturated heterocycles. The lowest BCUT2D eigenvalue weighted by Gasteiger charge is -2.24. The average Bonchev–Trinajstić information content (AvgIpc) is 2.76. The van der Waals surface area contributed by atoms with Crippen molar-refractivity contribution in [1.82, 2.24) is 9.97 Å². The third-order valence-corrected chi connectivity index (χ3v) is 3.62. The van der Waals surface area contributed by atoms with E-state index in [0.29, 0.717) is 0 Å². The van der Waals surface area contributed by atoms with Crippen LogP contribution < -0.4 is 0 Å². The van der Waals surface area contributed by atoms with Crippen LogP contribution in [0.4, 0.5) is 0 Å². The Morgan fingerprint density at radius 1 is 1.11 bits per heavy atom. The topological polar surface area (TPSA) is 28.7 Å². The van der Waals surface area contributed by atoms with Gasteiger partial charge >= 0.3 is 0 Å². The molecule has 0 aliphatic rings. The molecule has 2 aromatic rings. The van der Waals surface area contributed by atoms with Crippen molar-refractivity contribution in [2.45, 2.75) is 46.5 Å². The van der Waals surface area contributed by atoms with Crippen molar-refractivity contribution in [1.29, 1.82) is 0 Å². The third-order valence-electron chi connectivity index (χ3n) is 3.62. The van der Waals surface area contributed by atoms with Crippen molar-refractivity contribution in [2.24, 2.45) is 0 Å². The van der Waals surface area contributed by atoms with Gasteiger partial charge in [0, 0.05) is 18.8 Å². The number of nitrogens with one attached hydrogen (secondary N) is 1. The van der Waals surface area contributed by atoms with Gasteiger partial charge in [0.15, 0.2) is 0 Å². The number of imidazole rings is 1. The van der Waals surface area contributed by atoms with Crippen LogP contribution in [0, 0.1) is 13.8 Å². The number of hydrogen-bond donors (Lipinski definition) is 1. The normalized spacial score (nSPS) is 11.8. The minimum absolute atomic E-state index is 0.206. The van der Waals surface area contributed by atoms with Crippen LogP contribution in [0.5, 0.6) is 0 Å². The summed E-state index contributed by atoms with van der Waals surface area (Å²) in [7, 11) is 0. The molecule has 2 heteroatoms. The lowest BCUT2D eigenvalue weighted by atomic mass is 9.81. The van der Waals surface area contributed by atoms with Gasteiger partial charge in [0.1, 0.15) is 5.82 Å². The maximum atomic E-state index is 4.30. The summed E-state index contributed by atoms with van der Waals surface area (Å²) in [5, 5.41) is 0. The molecule has 0 spiro atoms. The molecule has 0 atom stereocenters. The number of H-pyrrole nitrogens is 1. The molecular formula is C16H22N2. The van der Waals surface area contributed by atoms with Crippen LogP contribution in [0.1, 0.15) is 48.8 Å². The molecule has 96 valence electrons. The number of aromatic amines is 1. The number of aromatic nitrogens is 2. The van der Waals surface area contributed by atoms with Gasteiger partial charge in [-0.3, -0.25) is 0 Å². The molecule has 0 aliphatic carbocycles. The highest BCUT2D eigenvalue weighted by atomic mass is 14.9. The van der Waals surface area contributed by atoms with E-state index >= 15 is 0 Å². The van der Waals surface area contributed by atoms with Crippen molar-refractivity contribution in [2.75, 3.05) is 0 Å². The largest absolute Gasteiger partial charge is 0.348 e. The summed E-state index contributed by atoms with van der Waals surface area (Å²) < 4.78 is 0. The molecule has 0 fully saturated rings. The summed E-state index contributed by atoms with van der Waals surface area (Å²) in [5.74, 6) is 1.03. The fourth-order valence-corrected chi connectivity index (χ4v) is 2.46. The Morgan fingerprint density at radius 2 is 1.83 bits per heavy atom. The smallest absolute Gasteiger partial charge is 0.110 e. The van der Waals surface area contributed by atoms with E-state index in [1.807, 2.05) is 6.20 Å². The Bertz CT molecular complexity index is 531. The summed E-state index contributed by atoms with van der Waals surface area (Å²) in [4.78, 5) is 7.46. The van der Waals surface area contributed by atoms with E-state index in [4.69, 9.17) is 0 Å². The van der Waals surface area contributed by atoms with Gasteiger partial charge in [-0.2, -0.15) is 0 Å². The van der Waals surface area contributed by atoms with Gasteiger partial charge in [-0.1, -0.05) is 32.9 Å². The molecule has 0 saturated carbocycles. The Balaban J connectivity index is 2.38. The quantitative estimate of drug-likeness (QED) is 0.849. The Labute approximate surface area is 109 Å². The molecule has 18 heavy (non-hydrogen) atoms. The number of benzene rings is 1. The first-order valence-corrected chi connectivity index (χ1v) is 6.47. The molecular weight excluding hydrogens is 220 g/mol. The van der Waals surface area contributed by atoms with Gasteiger partial charge in [0.25, 0.3) is 0 Å².